The predicted molar refractivity (Wildman–Crippen MR) is 105 cm³/mol. The van der Waals surface area contributed by atoms with Crippen LogP contribution in [-0.4, -0.2) is 11.7 Å². The van der Waals surface area contributed by atoms with Crippen LogP contribution in [0.1, 0.15) is 36.1 Å². The van der Waals surface area contributed by atoms with Crippen molar-refractivity contribution in [3.05, 3.63) is 69.7 Å². The third-order valence-electron chi connectivity index (χ3n) is 3.93. The molecule has 0 radical (unpaired) electrons. The highest BCUT2D eigenvalue weighted by atomic mass is 35.5. The highest BCUT2D eigenvalue weighted by Crippen LogP contribution is 2.17. The van der Waals surface area contributed by atoms with Gasteiger partial charge in [0.2, 0.25) is 5.91 Å². The Balaban J connectivity index is 1.81. The molecule has 2 rings (SSSR count). The van der Waals surface area contributed by atoms with E-state index in [0.717, 1.165) is 29.2 Å². The van der Waals surface area contributed by atoms with E-state index in [1.165, 1.54) is 16.7 Å². The van der Waals surface area contributed by atoms with Crippen LogP contribution >= 0.6 is 23.4 Å². The molecule has 24 heavy (non-hydrogen) atoms. The number of aryl methyl sites for hydroxylation is 2. The lowest BCUT2D eigenvalue weighted by Gasteiger charge is -2.11. The zero-order chi connectivity index (χ0) is 17.4. The molecule has 0 atom stereocenters. The van der Waals surface area contributed by atoms with Gasteiger partial charge in [0.25, 0.3) is 0 Å². The molecule has 2 aromatic rings. The Morgan fingerprint density at radius 1 is 1.04 bits per heavy atom. The maximum Gasteiger partial charge on any atom is 0.230 e. The van der Waals surface area contributed by atoms with Gasteiger partial charge < -0.3 is 5.32 Å². The van der Waals surface area contributed by atoms with Crippen molar-refractivity contribution in [3.8, 4) is 0 Å². The molecule has 0 unspecified atom stereocenters. The quantitative estimate of drug-likeness (QED) is 0.715. The summed E-state index contributed by atoms with van der Waals surface area (Å²) in [4.78, 5) is 12.1. The SMILES string of the molecule is CCc1ccc(CC)c(CNC(=O)CSCc2cccc(Cl)c2)c1. The van der Waals surface area contributed by atoms with E-state index in [-0.39, 0.29) is 5.91 Å². The van der Waals surface area contributed by atoms with E-state index in [2.05, 4.69) is 37.4 Å². The van der Waals surface area contributed by atoms with Gasteiger partial charge in [-0.15, -0.1) is 11.8 Å². The standard InChI is InChI=1S/C20H24ClNOS/c1-3-15-8-9-17(4-2)18(10-15)12-22-20(23)14-24-13-16-6-5-7-19(21)11-16/h5-11H,3-4,12-14H2,1-2H3,(H,22,23). The molecule has 0 spiro atoms. The third kappa shape index (κ3) is 5.88. The first-order valence-corrected chi connectivity index (χ1v) is 9.85. The molecule has 0 fully saturated rings. The number of hydrogen-bond donors (Lipinski definition) is 1. The van der Waals surface area contributed by atoms with Gasteiger partial charge >= 0.3 is 0 Å². The minimum absolute atomic E-state index is 0.0750. The summed E-state index contributed by atoms with van der Waals surface area (Å²) in [5.74, 6) is 1.33. The monoisotopic (exact) mass is 361 g/mol. The zero-order valence-corrected chi connectivity index (χ0v) is 15.8. The largest absolute Gasteiger partial charge is 0.351 e. The van der Waals surface area contributed by atoms with Crippen molar-refractivity contribution in [2.45, 2.75) is 39.0 Å². The van der Waals surface area contributed by atoms with E-state index in [0.29, 0.717) is 12.3 Å². The highest BCUT2D eigenvalue weighted by molar-refractivity contribution is 7.99. The summed E-state index contributed by atoms with van der Waals surface area (Å²) in [5, 5.41) is 3.77. The molecule has 0 aromatic heterocycles. The Hall–Kier alpha value is -1.45. The number of thioether (sulfide) groups is 1. The van der Waals surface area contributed by atoms with Gasteiger partial charge in [0.1, 0.15) is 0 Å². The summed E-state index contributed by atoms with van der Waals surface area (Å²) >= 11 is 7.57. The van der Waals surface area contributed by atoms with E-state index < -0.39 is 0 Å². The molecule has 2 aromatic carbocycles. The van der Waals surface area contributed by atoms with Crippen molar-refractivity contribution in [2.75, 3.05) is 5.75 Å². The van der Waals surface area contributed by atoms with E-state index in [1.807, 2.05) is 24.3 Å². The average molecular weight is 362 g/mol. The third-order valence-corrected chi connectivity index (χ3v) is 5.17. The van der Waals surface area contributed by atoms with E-state index in [1.54, 1.807) is 11.8 Å². The average Bonchev–Trinajstić information content (AvgIpc) is 2.59. The normalized spacial score (nSPS) is 10.6. The Bertz CT molecular complexity index is 687. The molecule has 128 valence electrons. The Labute approximate surface area is 154 Å². The number of hydrogen-bond acceptors (Lipinski definition) is 2. The molecule has 1 N–H and O–H groups in total. The number of halogens is 1. The van der Waals surface area contributed by atoms with Gasteiger partial charge in [-0.2, -0.15) is 0 Å². The Kier molecular flexibility index (Phi) is 7.67. The van der Waals surface area contributed by atoms with Crippen molar-refractivity contribution < 1.29 is 4.79 Å². The fourth-order valence-electron chi connectivity index (χ4n) is 2.54. The van der Waals surface area contributed by atoms with Crippen LogP contribution in [0.15, 0.2) is 42.5 Å². The van der Waals surface area contributed by atoms with Crippen LogP contribution in [0.5, 0.6) is 0 Å². The highest BCUT2D eigenvalue weighted by Gasteiger charge is 2.06. The lowest BCUT2D eigenvalue weighted by Crippen LogP contribution is -2.25. The lowest BCUT2D eigenvalue weighted by atomic mass is 10.0. The maximum absolute atomic E-state index is 12.1. The van der Waals surface area contributed by atoms with E-state index >= 15 is 0 Å². The molecule has 2 nitrogen and oxygen atoms in total. The number of benzene rings is 2. The summed E-state index contributed by atoms with van der Waals surface area (Å²) in [6.07, 6.45) is 2.00. The number of rotatable bonds is 8. The van der Waals surface area contributed by atoms with Crippen molar-refractivity contribution in [2.24, 2.45) is 0 Å². The second-order valence-corrected chi connectivity index (χ2v) is 7.13. The van der Waals surface area contributed by atoms with Gasteiger partial charge in [-0.3, -0.25) is 4.79 Å². The number of nitrogens with one attached hydrogen (secondary N) is 1. The summed E-state index contributed by atoms with van der Waals surface area (Å²) in [6.45, 7) is 4.90. The number of carbonyl (C=O) groups is 1. The first-order valence-electron chi connectivity index (χ1n) is 8.32. The summed E-state index contributed by atoms with van der Waals surface area (Å²) in [7, 11) is 0. The van der Waals surface area contributed by atoms with Gasteiger partial charge in [-0.25, -0.2) is 0 Å². The fraction of sp³-hybridized carbons (Fsp3) is 0.350. The van der Waals surface area contributed by atoms with Crippen molar-refractivity contribution in [3.63, 3.8) is 0 Å². The summed E-state index contributed by atoms with van der Waals surface area (Å²) in [5.41, 5.74) is 4.99. The maximum atomic E-state index is 12.1. The second kappa shape index (κ2) is 9.75. The molecule has 4 heteroatoms. The van der Waals surface area contributed by atoms with Crippen LogP contribution < -0.4 is 5.32 Å². The summed E-state index contributed by atoms with van der Waals surface area (Å²) < 4.78 is 0. The topological polar surface area (TPSA) is 29.1 Å². The van der Waals surface area contributed by atoms with Crippen molar-refractivity contribution in [1.29, 1.82) is 0 Å². The minimum atomic E-state index is 0.0750. The van der Waals surface area contributed by atoms with Crippen LogP contribution in [-0.2, 0) is 29.9 Å². The first-order chi connectivity index (χ1) is 11.6. The van der Waals surface area contributed by atoms with E-state index in [4.69, 9.17) is 11.6 Å². The van der Waals surface area contributed by atoms with Gasteiger partial charge in [-0.1, -0.05) is 55.8 Å². The molecule has 1 amide bonds. The molecular formula is C20H24ClNOS. The Morgan fingerprint density at radius 3 is 2.58 bits per heavy atom. The molecule has 0 aliphatic heterocycles. The van der Waals surface area contributed by atoms with Gasteiger partial charge in [0.15, 0.2) is 0 Å². The van der Waals surface area contributed by atoms with E-state index in [9.17, 15) is 4.79 Å². The molecule has 0 aliphatic rings. The molecule has 0 aliphatic carbocycles. The van der Waals surface area contributed by atoms with Crippen LogP contribution in [0.2, 0.25) is 5.02 Å². The fourth-order valence-corrected chi connectivity index (χ4v) is 3.56. The van der Waals surface area contributed by atoms with Crippen LogP contribution in [0, 0.1) is 0 Å². The molecule has 0 saturated heterocycles. The zero-order valence-electron chi connectivity index (χ0n) is 14.3. The van der Waals surface area contributed by atoms with Crippen LogP contribution in [0.25, 0.3) is 0 Å². The Morgan fingerprint density at radius 2 is 1.88 bits per heavy atom. The van der Waals surface area contributed by atoms with Gasteiger partial charge in [0.05, 0.1) is 5.75 Å². The van der Waals surface area contributed by atoms with Crippen molar-refractivity contribution >= 4 is 29.3 Å². The molecular weight excluding hydrogens is 338 g/mol. The smallest absolute Gasteiger partial charge is 0.230 e. The second-order valence-electron chi connectivity index (χ2n) is 5.71. The predicted octanol–water partition coefficient (Wildman–Crippen LogP) is 5.01. The first kappa shape index (κ1) is 18.9. The lowest BCUT2D eigenvalue weighted by molar-refractivity contribution is -0.118. The number of carbonyl (C=O) groups excluding carboxylic acids is 1. The summed E-state index contributed by atoms with van der Waals surface area (Å²) in [6, 6.07) is 14.3. The number of amides is 1. The van der Waals surface area contributed by atoms with Gasteiger partial charge in [0, 0.05) is 17.3 Å². The van der Waals surface area contributed by atoms with Gasteiger partial charge in [-0.05, 0) is 47.2 Å². The molecule has 0 heterocycles. The molecule has 0 bridgehead atoms. The van der Waals surface area contributed by atoms with Crippen LogP contribution in [0.4, 0.5) is 0 Å². The van der Waals surface area contributed by atoms with Crippen molar-refractivity contribution in [1.82, 2.24) is 5.32 Å². The molecule has 0 saturated carbocycles. The van der Waals surface area contributed by atoms with Crippen LogP contribution in [0.3, 0.4) is 0 Å². The minimum Gasteiger partial charge on any atom is -0.351 e.